The van der Waals surface area contributed by atoms with Crippen molar-refractivity contribution in [3.63, 3.8) is 0 Å². The molecule has 0 bridgehead atoms. The molecule has 0 amide bonds. The second-order valence-electron chi connectivity index (χ2n) is 6.81. The number of nitro groups is 1. The highest BCUT2D eigenvalue weighted by molar-refractivity contribution is 7.89. The minimum Gasteiger partial charge on any atom is -0.379 e. The normalized spacial score (nSPS) is 26.6. The zero-order valence-corrected chi connectivity index (χ0v) is 15.4. The van der Waals surface area contributed by atoms with Crippen LogP contribution in [0.1, 0.15) is 12.8 Å². The fraction of sp³-hybridized carbons (Fsp3) is 0.471. The van der Waals surface area contributed by atoms with Gasteiger partial charge in [-0.3, -0.25) is 15.5 Å². The summed E-state index contributed by atoms with van der Waals surface area (Å²) in [7, 11) is -3.90. The van der Waals surface area contributed by atoms with Crippen molar-refractivity contribution in [2.24, 2.45) is 16.9 Å². The second-order valence-corrected chi connectivity index (χ2v) is 8.71. The average molecular weight is 392 g/mol. The van der Waals surface area contributed by atoms with Gasteiger partial charge in [-0.05, 0) is 24.8 Å². The van der Waals surface area contributed by atoms with Gasteiger partial charge in [0.15, 0.2) is 0 Å². The van der Waals surface area contributed by atoms with Crippen molar-refractivity contribution >= 4 is 27.1 Å². The van der Waals surface area contributed by atoms with Gasteiger partial charge in [0.05, 0.1) is 23.8 Å². The molecule has 1 saturated heterocycles. The van der Waals surface area contributed by atoms with E-state index in [-0.39, 0.29) is 29.4 Å². The minimum atomic E-state index is -3.90. The lowest BCUT2D eigenvalue weighted by Gasteiger charge is -2.32. The van der Waals surface area contributed by atoms with E-state index in [2.05, 4.69) is 22.7 Å². The summed E-state index contributed by atoms with van der Waals surface area (Å²) < 4.78 is 32.6. The van der Waals surface area contributed by atoms with E-state index < -0.39 is 14.9 Å². The van der Waals surface area contributed by atoms with E-state index >= 15 is 0 Å². The Bertz CT molecular complexity index is 921. The molecule has 4 rings (SSSR count). The number of allylic oxidation sites excluding steroid dienone is 2. The van der Waals surface area contributed by atoms with Gasteiger partial charge in [-0.25, -0.2) is 8.42 Å². The van der Waals surface area contributed by atoms with Crippen LogP contribution in [0.3, 0.4) is 0 Å². The van der Waals surface area contributed by atoms with Crippen molar-refractivity contribution in [3.8, 4) is 0 Å². The Morgan fingerprint density at radius 2 is 2.07 bits per heavy atom. The molecule has 1 heterocycles. The standard InChI is InChI=1S/C17H20N4O5S/c22-21(23)13-4-5-15(18-19-16-10-12-2-1-3-14(12)16)17(11-13)27(24,25)20-6-8-26-9-7-20/h1-2,4-5,11-12,14,18H,3,6-10H2/b19-16+. The predicted molar refractivity (Wildman–Crippen MR) is 99.1 cm³/mol. The molecule has 2 unspecified atom stereocenters. The van der Waals surface area contributed by atoms with Crippen LogP contribution in [0, 0.1) is 22.0 Å². The molecule has 144 valence electrons. The quantitative estimate of drug-likeness (QED) is 0.466. The summed E-state index contributed by atoms with van der Waals surface area (Å²) >= 11 is 0. The van der Waals surface area contributed by atoms with Gasteiger partial charge >= 0.3 is 0 Å². The average Bonchev–Trinajstić information content (AvgIpc) is 3.03. The first-order valence-corrected chi connectivity index (χ1v) is 10.3. The van der Waals surface area contributed by atoms with Crippen LogP contribution in [0.25, 0.3) is 0 Å². The van der Waals surface area contributed by atoms with Crippen LogP contribution in [0.4, 0.5) is 11.4 Å². The molecular formula is C17H20N4O5S. The van der Waals surface area contributed by atoms with Gasteiger partial charge in [0, 0.05) is 36.9 Å². The lowest BCUT2D eigenvalue weighted by Crippen LogP contribution is -2.40. The number of morpholine rings is 1. The molecule has 2 aliphatic carbocycles. The minimum absolute atomic E-state index is 0.136. The van der Waals surface area contributed by atoms with Crippen LogP contribution >= 0.6 is 0 Å². The number of ether oxygens (including phenoxy) is 1. The predicted octanol–water partition coefficient (Wildman–Crippen LogP) is 1.98. The molecule has 3 aliphatic rings. The van der Waals surface area contributed by atoms with Crippen molar-refractivity contribution in [2.45, 2.75) is 17.7 Å². The second kappa shape index (κ2) is 7.02. The number of hydrazone groups is 1. The Balaban J connectivity index is 1.64. The van der Waals surface area contributed by atoms with Crippen molar-refractivity contribution in [1.29, 1.82) is 0 Å². The molecule has 1 aromatic rings. The molecular weight excluding hydrogens is 372 g/mol. The lowest BCUT2D eigenvalue weighted by atomic mass is 9.74. The van der Waals surface area contributed by atoms with E-state index in [0.29, 0.717) is 25.0 Å². The molecule has 0 radical (unpaired) electrons. The smallest absolute Gasteiger partial charge is 0.270 e. The van der Waals surface area contributed by atoms with Crippen LogP contribution in [0.2, 0.25) is 0 Å². The zero-order chi connectivity index (χ0) is 19.0. The number of nitrogens with zero attached hydrogens (tertiary/aromatic N) is 3. The summed E-state index contributed by atoms with van der Waals surface area (Å²) in [6.45, 7) is 1.04. The number of anilines is 1. The molecule has 0 spiro atoms. The van der Waals surface area contributed by atoms with Crippen LogP contribution in [-0.2, 0) is 14.8 Å². The maximum absolute atomic E-state index is 13.0. The van der Waals surface area contributed by atoms with Gasteiger partial charge in [0.1, 0.15) is 4.90 Å². The van der Waals surface area contributed by atoms with Crippen LogP contribution in [0.15, 0.2) is 40.3 Å². The van der Waals surface area contributed by atoms with Crippen molar-refractivity contribution in [2.75, 3.05) is 31.7 Å². The topological polar surface area (TPSA) is 114 Å². The third kappa shape index (κ3) is 3.35. The number of hydrogen-bond donors (Lipinski definition) is 1. The molecule has 1 aliphatic heterocycles. The summed E-state index contributed by atoms with van der Waals surface area (Å²) in [6.07, 6.45) is 6.12. The van der Waals surface area contributed by atoms with E-state index in [9.17, 15) is 18.5 Å². The number of nitrogens with one attached hydrogen (secondary N) is 1. The van der Waals surface area contributed by atoms with Gasteiger partial charge in [-0.15, -0.1) is 0 Å². The zero-order valence-electron chi connectivity index (χ0n) is 14.6. The largest absolute Gasteiger partial charge is 0.379 e. The summed E-state index contributed by atoms with van der Waals surface area (Å²) in [4.78, 5) is 10.4. The SMILES string of the molecule is O=[N+]([O-])c1ccc(N/N=C2\CC3C=CCC23)c(S(=O)(=O)N2CCOCC2)c1. The molecule has 10 heteroatoms. The summed E-state index contributed by atoms with van der Waals surface area (Å²) in [6, 6.07) is 3.77. The fourth-order valence-electron chi connectivity index (χ4n) is 3.65. The number of hydrogen-bond acceptors (Lipinski definition) is 7. The molecule has 27 heavy (non-hydrogen) atoms. The molecule has 2 atom stereocenters. The number of fused-ring (bicyclic) bond motifs is 1. The molecule has 1 aromatic carbocycles. The number of rotatable bonds is 5. The number of non-ortho nitro benzene ring substituents is 1. The maximum Gasteiger partial charge on any atom is 0.270 e. The highest BCUT2D eigenvalue weighted by Crippen LogP contribution is 2.40. The first-order chi connectivity index (χ1) is 13.0. The van der Waals surface area contributed by atoms with E-state index in [0.717, 1.165) is 24.6 Å². The Morgan fingerprint density at radius 3 is 2.78 bits per heavy atom. The Kier molecular flexibility index (Phi) is 4.70. The van der Waals surface area contributed by atoms with E-state index in [1.165, 1.54) is 16.4 Å². The van der Waals surface area contributed by atoms with Crippen molar-refractivity contribution in [3.05, 3.63) is 40.5 Å². The summed E-state index contributed by atoms with van der Waals surface area (Å²) in [5.74, 6) is 0.911. The number of nitro benzene ring substituents is 1. The molecule has 1 saturated carbocycles. The first kappa shape index (κ1) is 18.1. The number of benzene rings is 1. The Labute approximate surface area is 156 Å². The number of sulfonamides is 1. The van der Waals surface area contributed by atoms with E-state index in [1.807, 2.05) is 0 Å². The Morgan fingerprint density at radius 1 is 1.30 bits per heavy atom. The van der Waals surface area contributed by atoms with Gasteiger partial charge in [0.25, 0.3) is 5.69 Å². The lowest BCUT2D eigenvalue weighted by molar-refractivity contribution is -0.385. The highest BCUT2D eigenvalue weighted by Gasteiger charge is 2.38. The van der Waals surface area contributed by atoms with Gasteiger partial charge in [-0.2, -0.15) is 9.41 Å². The van der Waals surface area contributed by atoms with E-state index in [4.69, 9.17) is 4.74 Å². The summed E-state index contributed by atoms with van der Waals surface area (Å²) in [5, 5.41) is 15.5. The maximum atomic E-state index is 13.0. The van der Waals surface area contributed by atoms with Crippen LogP contribution in [-0.4, -0.2) is 49.7 Å². The molecule has 9 nitrogen and oxygen atoms in total. The molecule has 1 N–H and O–H groups in total. The van der Waals surface area contributed by atoms with Gasteiger partial charge < -0.3 is 4.74 Å². The molecule has 2 fully saturated rings. The highest BCUT2D eigenvalue weighted by atomic mass is 32.2. The van der Waals surface area contributed by atoms with Gasteiger partial charge in [-0.1, -0.05) is 12.2 Å². The molecule has 0 aromatic heterocycles. The van der Waals surface area contributed by atoms with Crippen molar-refractivity contribution < 1.29 is 18.1 Å². The van der Waals surface area contributed by atoms with Crippen molar-refractivity contribution in [1.82, 2.24) is 4.31 Å². The third-order valence-electron chi connectivity index (χ3n) is 5.25. The monoisotopic (exact) mass is 392 g/mol. The fourth-order valence-corrected chi connectivity index (χ4v) is 5.22. The third-order valence-corrected chi connectivity index (χ3v) is 7.19. The van der Waals surface area contributed by atoms with Crippen LogP contribution < -0.4 is 5.43 Å². The summed E-state index contributed by atoms with van der Waals surface area (Å²) in [5.41, 5.74) is 3.81. The van der Waals surface area contributed by atoms with E-state index in [1.54, 1.807) is 0 Å². The Hall–Kier alpha value is -2.30. The van der Waals surface area contributed by atoms with Gasteiger partial charge in [0.2, 0.25) is 10.0 Å². The van der Waals surface area contributed by atoms with Crippen LogP contribution in [0.5, 0.6) is 0 Å². The first-order valence-electron chi connectivity index (χ1n) is 8.82.